The lowest BCUT2D eigenvalue weighted by molar-refractivity contribution is 0.203. The van der Waals surface area contributed by atoms with E-state index in [0.29, 0.717) is 0 Å². The van der Waals surface area contributed by atoms with Gasteiger partial charge in [0.25, 0.3) is 0 Å². The molecule has 2 amide bonds. The Morgan fingerprint density at radius 3 is 1.65 bits per heavy atom. The lowest BCUT2D eigenvalue weighted by Crippen LogP contribution is -2.40. The van der Waals surface area contributed by atoms with Crippen molar-refractivity contribution >= 4 is 6.03 Å². The maximum Gasteiger partial charge on any atom is 0.317 e. The van der Waals surface area contributed by atoms with E-state index in [2.05, 4.69) is 12.2 Å². The number of urea groups is 1. The van der Waals surface area contributed by atoms with Crippen molar-refractivity contribution in [1.29, 1.82) is 0 Å². The monoisotopic (exact) mass is 284 g/mol. The zero-order valence-corrected chi connectivity index (χ0v) is 14.0. The van der Waals surface area contributed by atoms with Gasteiger partial charge in [-0.15, -0.1) is 0 Å². The molecule has 120 valence electrons. The predicted molar refractivity (Wildman–Crippen MR) is 88.2 cm³/mol. The zero-order valence-electron chi connectivity index (χ0n) is 14.0. The number of nitrogens with zero attached hydrogens (tertiary/aromatic N) is 1. The second-order valence-electron chi connectivity index (χ2n) is 5.59. The Bertz CT molecular complexity index is 215. The third-order valence-corrected chi connectivity index (χ3v) is 3.86. The number of amides is 2. The molecule has 0 heterocycles. The average Bonchev–Trinajstić information content (AvgIpc) is 2.46. The van der Waals surface area contributed by atoms with Gasteiger partial charge in [-0.05, 0) is 20.3 Å². The highest BCUT2D eigenvalue weighted by molar-refractivity contribution is 5.73. The van der Waals surface area contributed by atoms with Crippen molar-refractivity contribution in [3.8, 4) is 0 Å². The maximum absolute atomic E-state index is 11.7. The van der Waals surface area contributed by atoms with Crippen LogP contribution in [0.4, 0.5) is 4.79 Å². The fourth-order valence-electron chi connectivity index (χ4n) is 2.43. The standard InChI is InChI=1S/C17H36N2O/c1-4-7-8-9-10-11-12-13-14-15-16-18-17(20)19(5-2)6-3/h4-16H2,1-3H3,(H,18,20). The van der Waals surface area contributed by atoms with Gasteiger partial charge in [0, 0.05) is 19.6 Å². The second-order valence-corrected chi connectivity index (χ2v) is 5.59. The van der Waals surface area contributed by atoms with Gasteiger partial charge >= 0.3 is 6.03 Å². The molecule has 0 saturated heterocycles. The minimum absolute atomic E-state index is 0.0888. The van der Waals surface area contributed by atoms with Gasteiger partial charge in [0.1, 0.15) is 0 Å². The molecule has 0 bridgehead atoms. The number of hydrogen-bond donors (Lipinski definition) is 1. The van der Waals surface area contributed by atoms with E-state index in [4.69, 9.17) is 0 Å². The molecule has 0 unspecified atom stereocenters. The third kappa shape index (κ3) is 11.1. The molecule has 0 fully saturated rings. The topological polar surface area (TPSA) is 32.3 Å². The third-order valence-electron chi connectivity index (χ3n) is 3.86. The van der Waals surface area contributed by atoms with E-state index in [-0.39, 0.29) is 6.03 Å². The van der Waals surface area contributed by atoms with Gasteiger partial charge in [0.2, 0.25) is 0 Å². The molecule has 0 aliphatic rings. The zero-order chi connectivity index (χ0) is 15.1. The highest BCUT2D eigenvalue weighted by atomic mass is 16.2. The van der Waals surface area contributed by atoms with E-state index in [1.807, 2.05) is 18.7 Å². The van der Waals surface area contributed by atoms with Crippen LogP contribution >= 0.6 is 0 Å². The molecule has 0 aromatic carbocycles. The maximum atomic E-state index is 11.7. The smallest absolute Gasteiger partial charge is 0.317 e. The number of hydrogen-bond acceptors (Lipinski definition) is 1. The Morgan fingerprint density at radius 1 is 0.750 bits per heavy atom. The summed E-state index contributed by atoms with van der Waals surface area (Å²) in [7, 11) is 0. The molecule has 0 aromatic rings. The highest BCUT2D eigenvalue weighted by Gasteiger charge is 2.06. The molecule has 0 rings (SSSR count). The van der Waals surface area contributed by atoms with E-state index >= 15 is 0 Å². The Balaban J connectivity index is 3.22. The SMILES string of the molecule is CCCCCCCCCCCCNC(=O)N(CC)CC. The van der Waals surface area contributed by atoms with Crippen LogP contribution in [0.15, 0.2) is 0 Å². The minimum Gasteiger partial charge on any atom is -0.338 e. The summed E-state index contributed by atoms with van der Waals surface area (Å²) >= 11 is 0. The molecule has 0 aliphatic carbocycles. The number of unbranched alkanes of at least 4 members (excludes halogenated alkanes) is 9. The summed E-state index contributed by atoms with van der Waals surface area (Å²) in [6, 6.07) is 0.0888. The van der Waals surface area contributed by atoms with Crippen LogP contribution < -0.4 is 5.32 Å². The van der Waals surface area contributed by atoms with Crippen molar-refractivity contribution < 1.29 is 4.79 Å². The number of rotatable bonds is 13. The van der Waals surface area contributed by atoms with Crippen molar-refractivity contribution in [2.75, 3.05) is 19.6 Å². The molecular formula is C17H36N2O. The molecule has 1 N–H and O–H groups in total. The van der Waals surface area contributed by atoms with Gasteiger partial charge in [0.15, 0.2) is 0 Å². The van der Waals surface area contributed by atoms with Crippen LogP contribution in [0, 0.1) is 0 Å². The van der Waals surface area contributed by atoms with Crippen molar-refractivity contribution in [2.24, 2.45) is 0 Å². The van der Waals surface area contributed by atoms with Gasteiger partial charge in [-0.2, -0.15) is 0 Å². The van der Waals surface area contributed by atoms with Crippen LogP contribution in [0.3, 0.4) is 0 Å². The number of nitrogens with one attached hydrogen (secondary N) is 1. The lowest BCUT2D eigenvalue weighted by Gasteiger charge is -2.19. The molecule has 0 saturated carbocycles. The fourth-order valence-corrected chi connectivity index (χ4v) is 2.43. The van der Waals surface area contributed by atoms with Crippen molar-refractivity contribution in [3.63, 3.8) is 0 Å². The van der Waals surface area contributed by atoms with Gasteiger partial charge < -0.3 is 10.2 Å². The fraction of sp³-hybridized carbons (Fsp3) is 0.941. The quantitative estimate of drug-likeness (QED) is 0.476. The molecule has 3 nitrogen and oxygen atoms in total. The van der Waals surface area contributed by atoms with Crippen molar-refractivity contribution in [3.05, 3.63) is 0 Å². The van der Waals surface area contributed by atoms with E-state index in [0.717, 1.165) is 26.1 Å². The molecule has 0 aromatic heterocycles. The van der Waals surface area contributed by atoms with Crippen molar-refractivity contribution in [2.45, 2.75) is 85.0 Å². The number of carbonyl (C=O) groups excluding carboxylic acids is 1. The molecule has 20 heavy (non-hydrogen) atoms. The first-order valence-electron chi connectivity index (χ1n) is 8.79. The average molecular weight is 284 g/mol. The van der Waals surface area contributed by atoms with Gasteiger partial charge in [-0.3, -0.25) is 0 Å². The van der Waals surface area contributed by atoms with Crippen LogP contribution in [0.25, 0.3) is 0 Å². The summed E-state index contributed by atoms with van der Waals surface area (Å²) in [6.07, 6.45) is 13.4. The molecule has 3 heteroatoms. The molecule has 0 radical (unpaired) electrons. The molecule has 0 spiro atoms. The first kappa shape index (κ1) is 19.3. The summed E-state index contributed by atoms with van der Waals surface area (Å²) < 4.78 is 0. The van der Waals surface area contributed by atoms with Crippen LogP contribution in [-0.4, -0.2) is 30.6 Å². The summed E-state index contributed by atoms with van der Waals surface area (Å²) in [4.78, 5) is 13.5. The largest absolute Gasteiger partial charge is 0.338 e. The lowest BCUT2D eigenvalue weighted by atomic mass is 10.1. The highest BCUT2D eigenvalue weighted by Crippen LogP contribution is 2.10. The van der Waals surface area contributed by atoms with Crippen LogP contribution in [-0.2, 0) is 0 Å². The van der Waals surface area contributed by atoms with E-state index < -0.39 is 0 Å². The first-order chi connectivity index (χ1) is 9.76. The Kier molecular flexibility index (Phi) is 14.1. The van der Waals surface area contributed by atoms with Crippen LogP contribution in [0.5, 0.6) is 0 Å². The minimum atomic E-state index is 0.0888. The van der Waals surface area contributed by atoms with E-state index in [1.165, 1.54) is 57.8 Å². The van der Waals surface area contributed by atoms with E-state index in [1.54, 1.807) is 0 Å². The molecular weight excluding hydrogens is 248 g/mol. The summed E-state index contributed by atoms with van der Waals surface area (Å²) in [5.41, 5.74) is 0. The van der Waals surface area contributed by atoms with Gasteiger partial charge in [-0.1, -0.05) is 64.7 Å². The number of carbonyl (C=O) groups is 1. The van der Waals surface area contributed by atoms with Gasteiger partial charge in [0.05, 0.1) is 0 Å². The van der Waals surface area contributed by atoms with Crippen molar-refractivity contribution in [1.82, 2.24) is 10.2 Å². The Hall–Kier alpha value is -0.730. The predicted octanol–water partition coefficient (Wildman–Crippen LogP) is 4.96. The Labute approximate surface area is 126 Å². The van der Waals surface area contributed by atoms with Gasteiger partial charge in [-0.25, -0.2) is 4.79 Å². The summed E-state index contributed by atoms with van der Waals surface area (Å²) in [6.45, 7) is 8.71. The normalized spacial score (nSPS) is 10.6. The summed E-state index contributed by atoms with van der Waals surface area (Å²) in [5, 5.41) is 3.00. The first-order valence-corrected chi connectivity index (χ1v) is 8.79. The molecule has 0 aliphatic heterocycles. The van der Waals surface area contributed by atoms with Crippen LogP contribution in [0.1, 0.15) is 85.0 Å². The Morgan fingerprint density at radius 2 is 1.20 bits per heavy atom. The second kappa shape index (κ2) is 14.7. The molecule has 0 atom stereocenters. The summed E-state index contributed by atoms with van der Waals surface area (Å²) in [5.74, 6) is 0. The van der Waals surface area contributed by atoms with Crippen LogP contribution in [0.2, 0.25) is 0 Å². The van der Waals surface area contributed by atoms with E-state index in [9.17, 15) is 4.79 Å².